The lowest BCUT2D eigenvalue weighted by Crippen LogP contribution is -2.52. The number of alkyl halides is 1. The minimum Gasteiger partial charge on any atom is -0.476 e. The molecule has 2 fully saturated rings. The van der Waals surface area contributed by atoms with E-state index < -0.39 is 6.67 Å². The second-order valence-corrected chi connectivity index (χ2v) is 7.53. The number of hydrogen-bond acceptors (Lipinski definition) is 6. The lowest BCUT2D eigenvalue weighted by molar-refractivity contribution is 0.0781. The van der Waals surface area contributed by atoms with Gasteiger partial charge in [-0.2, -0.15) is 0 Å². The van der Waals surface area contributed by atoms with Gasteiger partial charge in [0.05, 0.1) is 26.0 Å². The number of aromatic nitrogens is 1. The molecule has 0 aromatic carbocycles. The molecule has 1 aromatic rings. The largest absolute Gasteiger partial charge is 0.476 e. The van der Waals surface area contributed by atoms with Crippen LogP contribution in [0.3, 0.4) is 0 Å². The number of amides is 1. The molecule has 0 spiro atoms. The third kappa shape index (κ3) is 5.78. The molecule has 1 aliphatic heterocycles. The number of rotatable bonds is 12. The van der Waals surface area contributed by atoms with E-state index in [0.29, 0.717) is 43.7 Å². The van der Waals surface area contributed by atoms with Crippen LogP contribution in [0.15, 0.2) is 12.1 Å². The van der Waals surface area contributed by atoms with Crippen molar-refractivity contribution in [3.63, 3.8) is 0 Å². The summed E-state index contributed by atoms with van der Waals surface area (Å²) in [6.07, 6.45) is 2.96. The fraction of sp³-hybridized carbons (Fsp3) is 0.700. The fourth-order valence-electron chi connectivity index (χ4n) is 2.93. The lowest BCUT2D eigenvalue weighted by Gasteiger charge is -2.40. The Hall–Kier alpha value is -1.93. The quantitative estimate of drug-likeness (QED) is 0.547. The first kappa shape index (κ1) is 20.8. The summed E-state index contributed by atoms with van der Waals surface area (Å²) in [5.74, 6) is 0.820. The Morgan fingerprint density at radius 1 is 1.39 bits per heavy atom. The Bertz CT molecular complexity index is 650. The number of nitrogens with one attached hydrogen (secondary N) is 1. The molecule has 1 saturated carbocycles. The van der Waals surface area contributed by atoms with E-state index >= 15 is 0 Å². The predicted octanol–water partition coefficient (Wildman–Crippen LogP) is 2.20. The second kappa shape index (κ2) is 10.0. The molecule has 0 bridgehead atoms. The first-order valence-electron chi connectivity index (χ1n) is 9.96. The molecule has 7 nitrogen and oxygen atoms in total. The van der Waals surface area contributed by atoms with Crippen LogP contribution in [-0.2, 0) is 9.47 Å². The summed E-state index contributed by atoms with van der Waals surface area (Å²) in [6.45, 7) is 4.33. The van der Waals surface area contributed by atoms with Gasteiger partial charge < -0.3 is 24.4 Å². The maximum absolute atomic E-state index is 12.5. The minimum atomic E-state index is -0.400. The van der Waals surface area contributed by atoms with Crippen LogP contribution in [0.4, 0.5) is 10.1 Å². The topological polar surface area (TPSA) is 72.9 Å². The predicted molar refractivity (Wildman–Crippen MR) is 104 cm³/mol. The van der Waals surface area contributed by atoms with E-state index in [0.717, 1.165) is 18.8 Å². The summed E-state index contributed by atoms with van der Waals surface area (Å²) >= 11 is 0. The number of pyridine rings is 1. The van der Waals surface area contributed by atoms with Crippen molar-refractivity contribution in [2.45, 2.75) is 38.3 Å². The number of carbonyl (C=O) groups excluding carboxylic acids is 1. The summed E-state index contributed by atoms with van der Waals surface area (Å²) in [6, 6.07) is 3.41. The van der Waals surface area contributed by atoms with Crippen LogP contribution in [0, 0.1) is 5.92 Å². The molecule has 1 saturated heterocycles. The third-order valence-electron chi connectivity index (χ3n) is 4.92. The summed E-state index contributed by atoms with van der Waals surface area (Å²) in [5, 5.41) is 2.86. The Kier molecular flexibility index (Phi) is 7.44. The molecule has 1 aliphatic carbocycles. The number of halogens is 1. The van der Waals surface area contributed by atoms with Crippen molar-refractivity contribution in [3.8, 4) is 5.88 Å². The number of hydrogen-bond donors (Lipinski definition) is 1. The molecule has 1 amide bonds. The van der Waals surface area contributed by atoms with Crippen molar-refractivity contribution in [1.82, 2.24) is 10.3 Å². The molecule has 156 valence electrons. The van der Waals surface area contributed by atoms with Crippen LogP contribution in [-0.4, -0.2) is 69.7 Å². The van der Waals surface area contributed by atoms with Crippen molar-refractivity contribution in [2.75, 3.05) is 51.6 Å². The number of nitrogens with zero attached hydrogens (tertiary/aromatic N) is 2. The van der Waals surface area contributed by atoms with E-state index in [1.807, 2.05) is 13.0 Å². The van der Waals surface area contributed by atoms with Gasteiger partial charge in [0.2, 0.25) is 5.88 Å². The zero-order valence-electron chi connectivity index (χ0n) is 16.7. The molecule has 1 N–H and O–H groups in total. The van der Waals surface area contributed by atoms with E-state index in [9.17, 15) is 9.18 Å². The highest BCUT2D eigenvalue weighted by Gasteiger charge is 2.30. The zero-order valence-corrected chi connectivity index (χ0v) is 16.7. The fourth-order valence-corrected chi connectivity index (χ4v) is 2.93. The Morgan fingerprint density at radius 3 is 2.86 bits per heavy atom. The van der Waals surface area contributed by atoms with Crippen molar-refractivity contribution in [2.24, 2.45) is 5.92 Å². The van der Waals surface area contributed by atoms with Gasteiger partial charge in [0.15, 0.2) is 0 Å². The van der Waals surface area contributed by atoms with E-state index in [4.69, 9.17) is 14.2 Å². The van der Waals surface area contributed by atoms with E-state index in [1.54, 1.807) is 13.2 Å². The smallest absolute Gasteiger partial charge is 0.270 e. The van der Waals surface area contributed by atoms with Crippen LogP contribution >= 0.6 is 0 Å². The van der Waals surface area contributed by atoms with Crippen molar-refractivity contribution < 1.29 is 23.4 Å². The molecule has 2 aliphatic rings. The second-order valence-electron chi connectivity index (χ2n) is 7.53. The van der Waals surface area contributed by atoms with Crippen molar-refractivity contribution in [1.29, 1.82) is 0 Å². The minimum absolute atomic E-state index is 0.192. The molecular weight excluding hydrogens is 365 g/mol. The highest BCUT2D eigenvalue weighted by molar-refractivity contribution is 5.93. The summed E-state index contributed by atoms with van der Waals surface area (Å²) in [4.78, 5) is 19.2. The SMILES string of the molecule is COC1CN(c2ccc(C(=O)N[C@@H](C)COCCCF)nc2OCC2CC2)C1. The van der Waals surface area contributed by atoms with Crippen molar-refractivity contribution in [3.05, 3.63) is 17.8 Å². The monoisotopic (exact) mass is 395 g/mol. The number of methoxy groups -OCH3 is 1. The molecule has 0 radical (unpaired) electrons. The van der Waals surface area contributed by atoms with Gasteiger partial charge in [-0.25, -0.2) is 4.98 Å². The third-order valence-corrected chi connectivity index (χ3v) is 4.92. The van der Waals surface area contributed by atoms with Gasteiger partial charge in [-0.05, 0) is 44.2 Å². The summed E-state index contributed by atoms with van der Waals surface area (Å²) < 4.78 is 28.7. The maximum atomic E-state index is 12.5. The average Bonchev–Trinajstić information content (AvgIpc) is 3.48. The normalized spacial score (nSPS) is 17.9. The highest BCUT2D eigenvalue weighted by Crippen LogP contribution is 2.34. The highest BCUT2D eigenvalue weighted by atomic mass is 19.1. The van der Waals surface area contributed by atoms with Gasteiger partial charge >= 0.3 is 0 Å². The van der Waals surface area contributed by atoms with Gasteiger partial charge in [0, 0.05) is 32.8 Å². The van der Waals surface area contributed by atoms with E-state index in [1.165, 1.54) is 12.8 Å². The van der Waals surface area contributed by atoms with Crippen LogP contribution in [0.5, 0.6) is 5.88 Å². The first-order valence-corrected chi connectivity index (χ1v) is 9.96. The van der Waals surface area contributed by atoms with Gasteiger partial charge in [-0.1, -0.05) is 0 Å². The molecule has 0 unspecified atom stereocenters. The standard InChI is InChI=1S/C20H30FN3O4/c1-14(12-27-9-3-8-21)22-19(25)17-6-7-18(24-10-16(11-24)26-2)20(23-17)28-13-15-4-5-15/h6-7,14-16H,3-5,8-13H2,1-2H3,(H,22,25)/t14-/m0/s1. The Labute approximate surface area is 165 Å². The molecule has 2 heterocycles. The average molecular weight is 395 g/mol. The summed E-state index contributed by atoms with van der Waals surface area (Å²) in [7, 11) is 1.71. The van der Waals surface area contributed by atoms with Crippen molar-refractivity contribution >= 4 is 11.6 Å². The van der Waals surface area contributed by atoms with Gasteiger partial charge in [-0.3, -0.25) is 9.18 Å². The molecule has 28 heavy (non-hydrogen) atoms. The van der Waals surface area contributed by atoms with Gasteiger partial charge in [0.1, 0.15) is 11.4 Å². The van der Waals surface area contributed by atoms with E-state index in [-0.39, 0.29) is 18.1 Å². The van der Waals surface area contributed by atoms with Crippen LogP contribution in [0.25, 0.3) is 0 Å². The molecule has 8 heteroatoms. The summed E-state index contributed by atoms with van der Waals surface area (Å²) in [5.41, 5.74) is 1.21. The molecule has 1 aromatic heterocycles. The van der Waals surface area contributed by atoms with Crippen LogP contribution < -0.4 is 15.0 Å². The first-order chi connectivity index (χ1) is 13.6. The Balaban J connectivity index is 1.60. The van der Waals surface area contributed by atoms with Gasteiger partial charge in [-0.15, -0.1) is 0 Å². The number of ether oxygens (including phenoxy) is 3. The molecular formula is C20H30FN3O4. The van der Waals surface area contributed by atoms with Gasteiger partial charge in [0.25, 0.3) is 5.91 Å². The number of carbonyl (C=O) groups is 1. The zero-order chi connectivity index (χ0) is 19.9. The van der Waals surface area contributed by atoms with Crippen LogP contribution in [0.2, 0.25) is 0 Å². The Morgan fingerprint density at radius 2 is 2.18 bits per heavy atom. The van der Waals surface area contributed by atoms with Crippen LogP contribution in [0.1, 0.15) is 36.7 Å². The molecule has 3 rings (SSSR count). The lowest BCUT2D eigenvalue weighted by atomic mass is 10.1. The molecule has 1 atom stereocenters. The van der Waals surface area contributed by atoms with E-state index in [2.05, 4.69) is 15.2 Å². The number of anilines is 1. The maximum Gasteiger partial charge on any atom is 0.270 e.